The Balaban J connectivity index is 1.93. The number of amides is 2. The lowest BCUT2D eigenvalue weighted by Crippen LogP contribution is -2.20. The minimum Gasteiger partial charge on any atom is -0.497 e. The predicted molar refractivity (Wildman–Crippen MR) is 102 cm³/mol. The van der Waals surface area contributed by atoms with E-state index in [4.69, 9.17) is 10.00 Å². The second-order valence-corrected chi connectivity index (χ2v) is 6.44. The van der Waals surface area contributed by atoms with Gasteiger partial charge in [0, 0.05) is 21.9 Å². The minimum atomic E-state index is -0.519. The highest BCUT2D eigenvalue weighted by atomic mass is 16.5. The van der Waals surface area contributed by atoms with E-state index in [1.165, 1.54) is 0 Å². The molecule has 28 heavy (non-hydrogen) atoms. The van der Waals surface area contributed by atoms with Crippen molar-refractivity contribution < 1.29 is 14.3 Å². The van der Waals surface area contributed by atoms with Crippen molar-refractivity contribution >= 4 is 33.6 Å². The number of nitrogens with zero attached hydrogens (tertiary/aromatic N) is 2. The summed E-state index contributed by atoms with van der Waals surface area (Å²) in [6, 6.07) is 14.5. The van der Waals surface area contributed by atoms with Gasteiger partial charge in [0.25, 0.3) is 11.8 Å². The Morgan fingerprint density at radius 2 is 1.82 bits per heavy atom. The molecule has 2 amide bonds. The molecule has 0 radical (unpaired) electrons. The van der Waals surface area contributed by atoms with E-state index in [0.29, 0.717) is 27.9 Å². The molecule has 7 nitrogen and oxygen atoms in total. The van der Waals surface area contributed by atoms with Crippen LogP contribution in [-0.2, 0) is 0 Å². The standard InChI is InChI=1S/C21H12N4O3/c1-28-12-6-7-14-13(8-12)15-16-19(21(27)25-20(16)26)24-17(18(15)23-14)11-4-2-10(9-22)3-5-11/h2-8,23H,1H3,(H,25,26,27). The molecule has 0 fully saturated rings. The SMILES string of the molecule is COc1ccc2[nH]c3c(-c4ccc(C#N)cc4)nc4c(c3c2c1)C(=O)NC4=O. The van der Waals surface area contributed by atoms with Crippen LogP contribution in [0.4, 0.5) is 0 Å². The van der Waals surface area contributed by atoms with Crippen LogP contribution in [0.1, 0.15) is 26.4 Å². The van der Waals surface area contributed by atoms with Gasteiger partial charge in [-0.05, 0) is 30.3 Å². The Kier molecular flexibility index (Phi) is 3.24. The van der Waals surface area contributed by atoms with Crippen molar-refractivity contribution in [2.24, 2.45) is 0 Å². The fraction of sp³-hybridized carbons (Fsp3) is 0.0476. The fourth-order valence-electron chi connectivity index (χ4n) is 3.60. The van der Waals surface area contributed by atoms with Gasteiger partial charge in [-0.2, -0.15) is 5.26 Å². The summed E-state index contributed by atoms with van der Waals surface area (Å²) in [7, 11) is 1.57. The molecule has 134 valence electrons. The average Bonchev–Trinajstić information content (AvgIpc) is 3.23. The average molecular weight is 368 g/mol. The van der Waals surface area contributed by atoms with Gasteiger partial charge >= 0.3 is 0 Å². The topological polar surface area (TPSA) is 108 Å². The molecule has 1 aliphatic rings. The van der Waals surface area contributed by atoms with Crippen molar-refractivity contribution in [1.82, 2.24) is 15.3 Å². The van der Waals surface area contributed by atoms with Crippen molar-refractivity contribution in [3.63, 3.8) is 0 Å². The highest BCUT2D eigenvalue weighted by molar-refractivity contribution is 6.30. The van der Waals surface area contributed by atoms with Gasteiger partial charge in [0.15, 0.2) is 0 Å². The number of methoxy groups -OCH3 is 1. The van der Waals surface area contributed by atoms with Crippen LogP contribution in [0.15, 0.2) is 42.5 Å². The number of H-pyrrole nitrogens is 1. The van der Waals surface area contributed by atoms with Gasteiger partial charge in [-0.15, -0.1) is 0 Å². The number of hydrogen-bond donors (Lipinski definition) is 2. The van der Waals surface area contributed by atoms with Crippen molar-refractivity contribution in [2.75, 3.05) is 7.11 Å². The molecule has 0 saturated carbocycles. The highest BCUT2D eigenvalue weighted by Crippen LogP contribution is 2.38. The third-order valence-corrected chi connectivity index (χ3v) is 4.91. The normalized spacial score (nSPS) is 12.9. The summed E-state index contributed by atoms with van der Waals surface area (Å²) in [5.41, 5.74) is 3.60. The van der Waals surface area contributed by atoms with E-state index in [9.17, 15) is 9.59 Å². The van der Waals surface area contributed by atoms with E-state index in [2.05, 4.69) is 21.4 Å². The number of nitrogens with one attached hydrogen (secondary N) is 2. The molecule has 3 heterocycles. The van der Waals surface area contributed by atoms with Crippen LogP contribution in [-0.4, -0.2) is 28.9 Å². The van der Waals surface area contributed by atoms with Crippen molar-refractivity contribution in [3.05, 3.63) is 59.3 Å². The first-order chi connectivity index (χ1) is 13.6. The first kappa shape index (κ1) is 16.0. The molecule has 0 spiro atoms. The zero-order chi connectivity index (χ0) is 19.4. The predicted octanol–water partition coefficient (Wildman–Crippen LogP) is 3.15. The smallest absolute Gasteiger partial charge is 0.277 e. The highest BCUT2D eigenvalue weighted by Gasteiger charge is 2.33. The minimum absolute atomic E-state index is 0.0978. The zero-order valence-corrected chi connectivity index (χ0v) is 14.7. The molecule has 1 aliphatic heterocycles. The van der Waals surface area contributed by atoms with Crippen LogP contribution in [0.5, 0.6) is 5.75 Å². The van der Waals surface area contributed by atoms with E-state index in [-0.39, 0.29) is 11.3 Å². The number of pyridine rings is 1. The number of benzene rings is 2. The first-order valence-electron chi connectivity index (χ1n) is 8.50. The van der Waals surface area contributed by atoms with Crippen LogP contribution in [0.2, 0.25) is 0 Å². The van der Waals surface area contributed by atoms with Crippen molar-refractivity contribution in [3.8, 4) is 23.1 Å². The Hall–Kier alpha value is -4.18. The fourth-order valence-corrected chi connectivity index (χ4v) is 3.60. The van der Waals surface area contributed by atoms with Crippen molar-refractivity contribution in [2.45, 2.75) is 0 Å². The molecule has 7 heteroatoms. The maximum absolute atomic E-state index is 12.5. The first-order valence-corrected chi connectivity index (χ1v) is 8.50. The number of fused-ring (bicyclic) bond motifs is 5. The lowest BCUT2D eigenvalue weighted by atomic mass is 10.0. The van der Waals surface area contributed by atoms with Crippen LogP contribution >= 0.6 is 0 Å². The maximum Gasteiger partial charge on any atom is 0.277 e. The van der Waals surface area contributed by atoms with Gasteiger partial charge in [-0.1, -0.05) is 12.1 Å². The molecule has 0 atom stereocenters. The largest absolute Gasteiger partial charge is 0.497 e. The van der Waals surface area contributed by atoms with Crippen molar-refractivity contribution in [1.29, 1.82) is 5.26 Å². The van der Waals surface area contributed by atoms with E-state index in [1.54, 1.807) is 31.4 Å². The Morgan fingerprint density at radius 1 is 1.04 bits per heavy atom. The van der Waals surface area contributed by atoms with Crippen LogP contribution in [0.25, 0.3) is 33.1 Å². The number of aromatic nitrogens is 2. The third kappa shape index (κ3) is 2.12. The van der Waals surface area contributed by atoms with Gasteiger partial charge in [-0.25, -0.2) is 4.98 Å². The summed E-state index contributed by atoms with van der Waals surface area (Å²) in [5.74, 6) is -0.342. The van der Waals surface area contributed by atoms with Gasteiger partial charge in [-0.3, -0.25) is 14.9 Å². The second-order valence-electron chi connectivity index (χ2n) is 6.44. The number of carbonyl (C=O) groups excluding carboxylic acids is 2. The molecule has 0 bridgehead atoms. The Bertz CT molecular complexity index is 1360. The molecular formula is C21H12N4O3. The number of ether oxygens (including phenoxy) is 1. The number of carbonyl (C=O) groups is 2. The van der Waals surface area contributed by atoms with Crippen LogP contribution in [0.3, 0.4) is 0 Å². The Morgan fingerprint density at radius 3 is 2.54 bits per heavy atom. The summed E-state index contributed by atoms with van der Waals surface area (Å²) < 4.78 is 5.32. The lowest BCUT2D eigenvalue weighted by molar-refractivity contribution is 0.0878. The summed E-state index contributed by atoms with van der Waals surface area (Å²) in [4.78, 5) is 32.6. The maximum atomic E-state index is 12.5. The number of rotatable bonds is 2. The second kappa shape index (κ2) is 5.66. The van der Waals surface area contributed by atoms with Gasteiger partial charge in [0.2, 0.25) is 0 Å². The van der Waals surface area contributed by atoms with Gasteiger partial charge in [0.1, 0.15) is 11.4 Å². The molecule has 4 aromatic rings. The molecule has 0 unspecified atom stereocenters. The summed E-state index contributed by atoms with van der Waals surface area (Å²) in [6.45, 7) is 0. The molecule has 2 aromatic carbocycles. The zero-order valence-electron chi connectivity index (χ0n) is 14.7. The Labute approximate surface area is 158 Å². The van der Waals surface area contributed by atoms with Gasteiger partial charge < -0.3 is 9.72 Å². The van der Waals surface area contributed by atoms with E-state index in [0.717, 1.165) is 16.5 Å². The van der Waals surface area contributed by atoms with Crippen LogP contribution < -0.4 is 10.1 Å². The quantitative estimate of drug-likeness (QED) is 0.529. The number of imide groups is 1. The van der Waals surface area contributed by atoms with E-state index < -0.39 is 11.8 Å². The van der Waals surface area contributed by atoms with Gasteiger partial charge in [0.05, 0.1) is 35.5 Å². The summed E-state index contributed by atoms with van der Waals surface area (Å²) >= 11 is 0. The number of nitriles is 1. The summed E-state index contributed by atoms with van der Waals surface area (Å²) in [6.07, 6.45) is 0. The third-order valence-electron chi connectivity index (χ3n) is 4.91. The monoisotopic (exact) mass is 368 g/mol. The molecule has 2 aromatic heterocycles. The molecule has 0 aliphatic carbocycles. The number of aromatic amines is 1. The molecular weight excluding hydrogens is 356 g/mol. The molecule has 2 N–H and O–H groups in total. The van der Waals surface area contributed by atoms with Crippen LogP contribution in [0, 0.1) is 11.3 Å². The molecule has 5 rings (SSSR count). The molecule has 0 saturated heterocycles. The lowest BCUT2D eigenvalue weighted by Gasteiger charge is -2.06. The number of hydrogen-bond acceptors (Lipinski definition) is 5. The van der Waals surface area contributed by atoms with E-state index in [1.807, 2.05) is 18.2 Å². The summed E-state index contributed by atoms with van der Waals surface area (Å²) in [5, 5.41) is 12.8. The van der Waals surface area contributed by atoms with E-state index >= 15 is 0 Å².